The van der Waals surface area contributed by atoms with Crippen LogP contribution >= 0.6 is 0 Å². The molecule has 0 atom stereocenters. The van der Waals surface area contributed by atoms with Crippen molar-refractivity contribution in [2.75, 3.05) is 6.61 Å². The van der Waals surface area contributed by atoms with Crippen LogP contribution in [-0.2, 0) is 9.47 Å². The standard InChI is InChI=1S/C8H12O2/c1-2-5-10-8-4-3-6-9-7-8/h3,6-7H,2,4-5H2,1H3. The molecular formula is C8H12O2. The van der Waals surface area contributed by atoms with E-state index in [4.69, 9.17) is 9.47 Å². The molecular weight excluding hydrogens is 128 g/mol. The number of hydrogen-bond donors (Lipinski definition) is 0. The second-order valence-electron chi connectivity index (χ2n) is 2.14. The molecule has 2 nitrogen and oxygen atoms in total. The fraction of sp³-hybridized carbons (Fsp3) is 0.500. The highest BCUT2D eigenvalue weighted by Crippen LogP contribution is 2.09. The molecule has 0 aromatic heterocycles. The van der Waals surface area contributed by atoms with Gasteiger partial charge in [0.05, 0.1) is 12.9 Å². The van der Waals surface area contributed by atoms with E-state index in [1.165, 1.54) is 0 Å². The SMILES string of the molecule is CCCOC1=COC=CC1. The van der Waals surface area contributed by atoms with E-state index in [1.807, 2.05) is 6.08 Å². The van der Waals surface area contributed by atoms with Crippen molar-refractivity contribution in [3.8, 4) is 0 Å². The molecule has 1 rings (SSSR count). The van der Waals surface area contributed by atoms with Crippen LogP contribution in [0.5, 0.6) is 0 Å². The van der Waals surface area contributed by atoms with Gasteiger partial charge in [0.15, 0.2) is 0 Å². The third-order valence-electron chi connectivity index (χ3n) is 1.18. The molecule has 0 fully saturated rings. The second-order valence-corrected chi connectivity index (χ2v) is 2.14. The Morgan fingerprint density at radius 1 is 1.70 bits per heavy atom. The number of ether oxygens (including phenoxy) is 2. The molecule has 0 saturated heterocycles. The van der Waals surface area contributed by atoms with Crippen LogP contribution in [0.3, 0.4) is 0 Å². The minimum Gasteiger partial charge on any atom is -0.494 e. The Labute approximate surface area is 61.1 Å². The highest BCUT2D eigenvalue weighted by atomic mass is 16.5. The summed E-state index contributed by atoms with van der Waals surface area (Å²) in [7, 11) is 0. The lowest BCUT2D eigenvalue weighted by Crippen LogP contribution is -1.95. The van der Waals surface area contributed by atoms with Gasteiger partial charge in [-0.1, -0.05) is 6.92 Å². The van der Waals surface area contributed by atoms with Crippen molar-refractivity contribution < 1.29 is 9.47 Å². The summed E-state index contributed by atoms with van der Waals surface area (Å²) in [6, 6.07) is 0. The van der Waals surface area contributed by atoms with Gasteiger partial charge in [0.2, 0.25) is 0 Å². The molecule has 0 N–H and O–H groups in total. The lowest BCUT2D eigenvalue weighted by atomic mass is 10.3. The fourth-order valence-corrected chi connectivity index (χ4v) is 0.709. The lowest BCUT2D eigenvalue weighted by molar-refractivity contribution is 0.188. The van der Waals surface area contributed by atoms with Crippen LogP contribution in [0.15, 0.2) is 24.4 Å². The maximum Gasteiger partial charge on any atom is 0.135 e. The van der Waals surface area contributed by atoms with E-state index in [2.05, 4.69) is 6.92 Å². The van der Waals surface area contributed by atoms with Crippen molar-refractivity contribution >= 4 is 0 Å². The Kier molecular flexibility index (Phi) is 2.87. The molecule has 2 heteroatoms. The summed E-state index contributed by atoms with van der Waals surface area (Å²) < 4.78 is 10.2. The van der Waals surface area contributed by atoms with Gasteiger partial charge in [0, 0.05) is 6.42 Å². The molecule has 56 valence electrons. The average Bonchev–Trinajstić information content (AvgIpc) is 2.03. The van der Waals surface area contributed by atoms with Crippen LogP contribution in [0, 0.1) is 0 Å². The van der Waals surface area contributed by atoms with Gasteiger partial charge >= 0.3 is 0 Å². The van der Waals surface area contributed by atoms with E-state index in [0.29, 0.717) is 0 Å². The molecule has 0 saturated carbocycles. The minimum atomic E-state index is 0.781. The number of rotatable bonds is 3. The summed E-state index contributed by atoms with van der Waals surface area (Å²) in [5.74, 6) is 0.921. The minimum absolute atomic E-state index is 0.781. The Morgan fingerprint density at radius 2 is 2.60 bits per heavy atom. The predicted octanol–water partition coefficient (Wildman–Crippen LogP) is 2.19. The third kappa shape index (κ3) is 2.13. The van der Waals surface area contributed by atoms with Crippen molar-refractivity contribution in [3.63, 3.8) is 0 Å². The van der Waals surface area contributed by atoms with E-state index >= 15 is 0 Å². The largest absolute Gasteiger partial charge is 0.494 e. The lowest BCUT2D eigenvalue weighted by Gasteiger charge is -2.09. The Hall–Kier alpha value is -0.920. The summed E-state index contributed by atoms with van der Waals surface area (Å²) in [5, 5.41) is 0. The second kappa shape index (κ2) is 3.99. The Morgan fingerprint density at radius 3 is 3.20 bits per heavy atom. The van der Waals surface area contributed by atoms with Gasteiger partial charge in [-0.2, -0.15) is 0 Å². The topological polar surface area (TPSA) is 18.5 Å². The van der Waals surface area contributed by atoms with Crippen molar-refractivity contribution in [2.45, 2.75) is 19.8 Å². The molecule has 10 heavy (non-hydrogen) atoms. The maximum absolute atomic E-state index is 5.32. The zero-order valence-electron chi connectivity index (χ0n) is 6.17. The predicted molar refractivity (Wildman–Crippen MR) is 39.2 cm³/mol. The normalized spacial score (nSPS) is 15.9. The molecule has 0 radical (unpaired) electrons. The van der Waals surface area contributed by atoms with Crippen LogP contribution in [0.4, 0.5) is 0 Å². The molecule has 0 bridgehead atoms. The van der Waals surface area contributed by atoms with Gasteiger partial charge in [0.25, 0.3) is 0 Å². The van der Waals surface area contributed by atoms with Gasteiger partial charge < -0.3 is 9.47 Å². The first kappa shape index (κ1) is 7.19. The summed E-state index contributed by atoms with van der Waals surface area (Å²) in [5.41, 5.74) is 0. The van der Waals surface area contributed by atoms with Crippen LogP contribution in [0.25, 0.3) is 0 Å². The van der Waals surface area contributed by atoms with Gasteiger partial charge in [-0.05, 0) is 12.5 Å². The molecule has 0 aliphatic carbocycles. The first-order valence-electron chi connectivity index (χ1n) is 3.56. The van der Waals surface area contributed by atoms with Crippen molar-refractivity contribution in [2.24, 2.45) is 0 Å². The van der Waals surface area contributed by atoms with Gasteiger partial charge in [0.1, 0.15) is 12.0 Å². The highest BCUT2D eigenvalue weighted by Gasteiger charge is 1.98. The Balaban J connectivity index is 2.21. The van der Waals surface area contributed by atoms with Gasteiger partial charge in [-0.3, -0.25) is 0 Å². The first-order chi connectivity index (χ1) is 4.93. The molecule has 0 spiro atoms. The molecule has 1 aliphatic heterocycles. The molecule has 0 amide bonds. The zero-order chi connectivity index (χ0) is 7.23. The van der Waals surface area contributed by atoms with E-state index in [1.54, 1.807) is 12.5 Å². The quantitative estimate of drug-likeness (QED) is 0.598. The summed E-state index contributed by atoms with van der Waals surface area (Å²) in [4.78, 5) is 0. The smallest absolute Gasteiger partial charge is 0.135 e. The Bertz CT molecular complexity index is 147. The molecule has 0 aromatic rings. The van der Waals surface area contributed by atoms with Crippen LogP contribution in [0.2, 0.25) is 0 Å². The molecule has 1 aliphatic rings. The van der Waals surface area contributed by atoms with Gasteiger partial charge in [-0.15, -0.1) is 0 Å². The van der Waals surface area contributed by atoms with E-state index in [9.17, 15) is 0 Å². The van der Waals surface area contributed by atoms with Gasteiger partial charge in [-0.25, -0.2) is 0 Å². The van der Waals surface area contributed by atoms with Crippen LogP contribution < -0.4 is 0 Å². The fourth-order valence-electron chi connectivity index (χ4n) is 0.709. The monoisotopic (exact) mass is 140 g/mol. The molecule has 0 aromatic carbocycles. The van der Waals surface area contributed by atoms with E-state index in [-0.39, 0.29) is 0 Å². The summed E-state index contributed by atoms with van der Waals surface area (Å²) >= 11 is 0. The highest BCUT2D eigenvalue weighted by molar-refractivity contribution is 5.00. The van der Waals surface area contributed by atoms with Crippen molar-refractivity contribution in [3.05, 3.63) is 24.4 Å². The third-order valence-corrected chi connectivity index (χ3v) is 1.18. The molecule has 1 heterocycles. The molecule has 0 unspecified atom stereocenters. The number of allylic oxidation sites excluding steroid dienone is 1. The number of hydrogen-bond acceptors (Lipinski definition) is 2. The van der Waals surface area contributed by atoms with E-state index < -0.39 is 0 Å². The average molecular weight is 140 g/mol. The van der Waals surface area contributed by atoms with Crippen molar-refractivity contribution in [1.82, 2.24) is 0 Å². The zero-order valence-corrected chi connectivity index (χ0v) is 6.17. The van der Waals surface area contributed by atoms with Crippen molar-refractivity contribution in [1.29, 1.82) is 0 Å². The van der Waals surface area contributed by atoms with Crippen LogP contribution in [-0.4, -0.2) is 6.61 Å². The first-order valence-corrected chi connectivity index (χ1v) is 3.56. The summed E-state index contributed by atoms with van der Waals surface area (Å²) in [6.07, 6.45) is 7.15. The van der Waals surface area contributed by atoms with E-state index in [0.717, 1.165) is 25.2 Å². The van der Waals surface area contributed by atoms with Crippen LogP contribution in [0.1, 0.15) is 19.8 Å². The maximum atomic E-state index is 5.32. The summed E-state index contributed by atoms with van der Waals surface area (Å²) in [6.45, 7) is 2.86.